The number of hydrogen-bond acceptors (Lipinski definition) is 6. The van der Waals surface area contributed by atoms with Crippen molar-refractivity contribution in [2.45, 2.75) is 11.3 Å². The maximum Gasteiger partial charge on any atom is 0.268 e. The zero-order valence-electron chi connectivity index (χ0n) is 17.5. The van der Waals surface area contributed by atoms with Crippen molar-refractivity contribution in [2.24, 2.45) is 5.10 Å². The maximum absolute atomic E-state index is 13.8. The summed E-state index contributed by atoms with van der Waals surface area (Å²) in [5, 5.41) is 7.33. The molecule has 3 aromatic carbocycles. The Morgan fingerprint density at radius 1 is 0.909 bits per heavy atom. The number of amides is 1. The minimum absolute atomic E-state index is 0.151. The summed E-state index contributed by atoms with van der Waals surface area (Å²) < 4.78 is -1.03. The fraction of sp³-hybridized carbons (Fsp3) is 0.0800. The Hall–Kier alpha value is -3.00. The number of benzene rings is 3. The van der Waals surface area contributed by atoms with Crippen molar-refractivity contribution >= 4 is 69.3 Å². The molecule has 1 fully saturated rings. The van der Waals surface area contributed by atoms with E-state index in [4.69, 9.17) is 11.6 Å². The zero-order valence-corrected chi connectivity index (χ0v) is 19.9. The first-order chi connectivity index (χ1) is 16.0. The van der Waals surface area contributed by atoms with Gasteiger partial charge in [-0.3, -0.25) is 14.5 Å². The molecule has 33 heavy (non-hydrogen) atoms. The molecule has 1 unspecified atom stereocenters. The molecular weight excluding hydrogens is 474 g/mol. The van der Waals surface area contributed by atoms with Gasteiger partial charge >= 0.3 is 0 Å². The summed E-state index contributed by atoms with van der Waals surface area (Å²) in [6.45, 7) is 1.49. The molecule has 8 heteroatoms. The van der Waals surface area contributed by atoms with E-state index in [2.05, 4.69) is 5.10 Å². The summed E-state index contributed by atoms with van der Waals surface area (Å²) in [7, 11) is 0. The third-order valence-electron chi connectivity index (χ3n) is 5.11. The molecular formula is C25H18ClN3O2S2. The first-order valence-electron chi connectivity index (χ1n) is 10.2. The quantitative estimate of drug-likeness (QED) is 0.405. The van der Waals surface area contributed by atoms with Crippen LogP contribution in [0.5, 0.6) is 0 Å². The number of ketones is 1. The Labute approximate surface area is 205 Å². The van der Waals surface area contributed by atoms with Crippen LogP contribution in [0.4, 0.5) is 11.4 Å². The van der Waals surface area contributed by atoms with Crippen LogP contribution in [0.2, 0.25) is 5.02 Å². The summed E-state index contributed by atoms with van der Waals surface area (Å²) in [5.41, 5.74) is 2.37. The van der Waals surface area contributed by atoms with Crippen LogP contribution in [-0.4, -0.2) is 21.1 Å². The second-order valence-electron chi connectivity index (χ2n) is 7.40. The van der Waals surface area contributed by atoms with Gasteiger partial charge in [0.05, 0.1) is 10.6 Å². The molecule has 1 amide bonds. The molecule has 2 aliphatic rings. The van der Waals surface area contributed by atoms with Crippen LogP contribution in [0, 0.1) is 0 Å². The molecule has 0 saturated carbocycles. The van der Waals surface area contributed by atoms with Gasteiger partial charge in [-0.05, 0) is 59.8 Å². The molecule has 0 N–H and O–H groups in total. The highest BCUT2D eigenvalue weighted by atomic mass is 35.5. The Morgan fingerprint density at radius 2 is 1.55 bits per heavy atom. The SMILES string of the molecule is CC(=O)C1=NN(c2ccc(Cl)cc2)C2(S1)S/C(=C\c1ccccc1)C(=O)N2c1ccccc1. The van der Waals surface area contributed by atoms with Gasteiger partial charge in [0.2, 0.25) is 4.33 Å². The van der Waals surface area contributed by atoms with Gasteiger partial charge in [0.25, 0.3) is 5.91 Å². The van der Waals surface area contributed by atoms with E-state index < -0.39 is 4.33 Å². The van der Waals surface area contributed by atoms with Crippen LogP contribution in [0.25, 0.3) is 6.08 Å². The van der Waals surface area contributed by atoms with Gasteiger partial charge in [0.15, 0.2) is 10.8 Å². The summed E-state index contributed by atoms with van der Waals surface area (Å²) >= 11 is 8.78. The molecule has 0 aromatic heterocycles. The minimum Gasteiger partial charge on any atom is -0.292 e. The highest BCUT2D eigenvalue weighted by molar-refractivity contribution is 8.29. The third-order valence-corrected chi connectivity index (χ3v) is 8.18. The normalized spacial score (nSPS) is 21.2. The van der Waals surface area contributed by atoms with E-state index in [0.29, 0.717) is 15.0 Å². The van der Waals surface area contributed by atoms with Gasteiger partial charge in [-0.15, -0.1) is 0 Å². The number of para-hydroxylation sites is 1. The van der Waals surface area contributed by atoms with Crippen LogP contribution in [-0.2, 0) is 9.59 Å². The van der Waals surface area contributed by atoms with E-state index in [1.807, 2.05) is 78.9 Å². The molecule has 0 radical (unpaired) electrons. The number of hydrazone groups is 1. The molecule has 3 aromatic rings. The van der Waals surface area contributed by atoms with Gasteiger partial charge in [-0.1, -0.05) is 71.9 Å². The monoisotopic (exact) mass is 491 g/mol. The fourth-order valence-corrected chi connectivity index (χ4v) is 6.62. The van der Waals surface area contributed by atoms with Gasteiger partial charge in [-0.2, -0.15) is 5.10 Å². The molecule has 0 aliphatic carbocycles. The summed E-state index contributed by atoms with van der Waals surface area (Å²) in [6, 6.07) is 26.4. The largest absolute Gasteiger partial charge is 0.292 e. The molecule has 164 valence electrons. The van der Waals surface area contributed by atoms with E-state index in [1.165, 1.54) is 30.4 Å². The van der Waals surface area contributed by atoms with E-state index in [0.717, 1.165) is 16.9 Å². The Kier molecular flexibility index (Phi) is 5.78. The standard InChI is InChI=1S/C25H18ClN3O2S2/c1-17(30)23-27-29(21-14-12-19(26)13-15-21)25(33-23)28(20-10-6-3-7-11-20)24(31)22(32-25)16-18-8-4-2-5-9-18/h2-16H,1H3/b22-16-. The molecule has 5 nitrogen and oxygen atoms in total. The lowest BCUT2D eigenvalue weighted by atomic mass is 10.2. The predicted octanol–water partition coefficient (Wildman–Crippen LogP) is 6.23. The van der Waals surface area contributed by atoms with Crippen molar-refractivity contribution in [1.82, 2.24) is 0 Å². The lowest BCUT2D eigenvalue weighted by molar-refractivity contribution is -0.114. The first-order valence-corrected chi connectivity index (χ1v) is 12.2. The number of nitrogens with zero attached hydrogens (tertiary/aromatic N) is 3. The lowest BCUT2D eigenvalue weighted by Crippen LogP contribution is -2.51. The lowest BCUT2D eigenvalue weighted by Gasteiger charge is -2.38. The van der Waals surface area contributed by atoms with Crippen LogP contribution < -0.4 is 9.91 Å². The van der Waals surface area contributed by atoms with Crippen LogP contribution >= 0.6 is 35.1 Å². The van der Waals surface area contributed by atoms with Gasteiger partial charge in [-0.25, -0.2) is 5.01 Å². The van der Waals surface area contributed by atoms with Crippen molar-refractivity contribution in [3.63, 3.8) is 0 Å². The van der Waals surface area contributed by atoms with E-state index in [-0.39, 0.29) is 11.7 Å². The molecule has 5 rings (SSSR count). The van der Waals surface area contributed by atoms with E-state index in [1.54, 1.807) is 22.0 Å². The number of carbonyl (C=O) groups excluding carboxylic acids is 2. The van der Waals surface area contributed by atoms with E-state index in [9.17, 15) is 9.59 Å². The van der Waals surface area contributed by atoms with Crippen LogP contribution in [0.3, 0.4) is 0 Å². The molecule has 1 atom stereocenters. The van der Waals surface area contributed by atoms with Gasteiger partial charge < -0.3 is 0 Å². The third kappa shape index (κ3) is 3.97. The second-order valence-corrected chi connectivity index (χ2v) is 10.5. The fourth-order valence-electron chi connectivity index (χ4n) is 3.61. The number of Topliss-reactive ketones (excluding diaryl/α,β-unsaturated/α-hetero) is 1. The van der Waals surface area contributed by atoms with E-state index >= 15 is 0 Å². The first kappa shape index (κ1) is 21.8. The number of carbonyl (C=O) groups is 2. The predicted molar refractivity (Wildman–Crippen MR) is 138 cm³/mol. The average Bonchev–Trinajstić information content (AvgIpc) is 3.33. The van der Waals surface area contributed by atoms with Crippen molar-refractivity contribution in [1.29, 1.82) is 0 Å². The highest BCUT2D eigenvalue weighted by Gasteiger charge is 2.59. The Balaban J connectivity index is 1.69. The Morgan fingerprint density at radius 3 is 2.18 bits per heavy atom. The van der Waals surface area contributed by atoms with Crippen molar-refractivity contribution in [3.05, 3.63) is 100 Å². The molecule has 0 bridgehead atoms. The van der Waals surface area contributed by atoms with Crippen LogP contribution in [0.15, 0.2) is 94.9 Å². The molecule has 1 spiro atoms. The van der Waals surface area contributed by atoms with Crippen LogP contribution in [0.1, 0.15) is 12.5 Å². The number of thioether (sulfide) groups is 2. The summed E-state index contributed by atoms with van der Waals surface area (Å²) in [4.78, 5) is 28.5. The minimum atomic E-state index is -1.03. The Bertz CT molecular complexity index is 1280. The molecule has 1 saturated heterocycles. The smallest absolute Gasteiger partial charge is 0.268 e. The van der Waals surface area contributed by atoms with Gasteiger partial charge in [0.1, 0.15) is 0 Å². The average molecular weight is 492 g/mol. The topological polar surface area (TPSA) is 53.0 Å². The van der Waals surface area contributed by atoms with Crippen molar-refractivity contribution in [3.8, 4) is 0 Å². The number of hydrogen-bond donors (Lipinski definition) is 0. The summed E-state index contributed by atoms with van der Waals surface area (Å²) in [5.74, 6) is -0.307. The molecule has 2 heterocycles. The van der Waals surface area contributed by atoms with Gasteiger partial charge in [0, 0.05) is 17.6 Å². The second kappa shape index (κ2) is 8.74. The van der Waals surface area contributed by atoms with Crippen molar-refractivity contribution < 1.29 is 9.59 Å². The molecule has 2 aliphatic heterocycles. The maximum atomic E-state index is 13.8. The van der Waals surface area contributed by atoms with Crippen molar-refractivity contribution in [2.75, 3.05) is 9.91 Å². The number of rotatable bonds is 4. The number of anilines is 2. The highest BCUT2D eigenvalue weighted by Crippen LogP contribution is 2.59. The zero-order chi connectivity index (χ0) is 23.0. The number of halogens is 1. The summed E-state index contributed by atoms with van der Waals surface area (Å²) in [6.07, 6.45) is 1.88.